The Morgan fingerprint density at radius 3 is 2.94 bits per heavy atom. The summed E-state index contributed by atoms with van der Waals surface area (Å²) in [7, 11) is 0. The Morgan fingerprint density at radius 2 is 2.22 bits per heavy atom. The van der Waals surface area contributed by atoms with Crippen molar-refractivity contribution in [2.24, 2.45) is 5.92 Å². The topological polar surface area (TPSA) is 35.5 Å². The van der Waals surface area contributed by atoms with Crippen LogP contribution in [0.3, 0.4) is 0 Å². The first-order valence-electron chi connectivity index (χ1n) is 6.28. The van der Waals surface area contributed by atoms with Gasteiger partial charge in [-0.15, -0.1) is 0 Å². The van der Waals surface area contributed by atoms with Crippen LogP contribution in [-0.4, -0.2) is 25.1 Å². The average Bonchev–Trinajstić information content (AvgIpc) is 2.95. The molecule has 4 heteroatoms. The van der Waals surface area contributed by atoms with Crippen LogP contribution in [-0.2, 0) is 11.2 Å². The van der Waals surface area contributed by atoms with Gasteiger partial charge in [0.2, 0.25) is 0 Å². The number of fused-ring (bicyclic) bond motifs is 1. The van der Waals surface area contributed by atoms with E-state index in [0.717, 1.165) is 24.2 Å². The molecule has 3 nitrogen and oxygen atoms in total. The lowest BCUT2D eigenvalue weighted by Crippen LogP contribution is -2.22. The second-order valence-corrected chi connectivity index (χ2v) is 5.31. The van der Waals surface area contributed by atoms with Gasteiger partial charge < -0.3 is 9.47 Å². The van der Waals surface area contributed by atoms with Gasteiger partial charge in [0.1, 0.15) is 5.75 Å². The fourth-order valence-corrected chi connectivity index (χ4v) is 2.97. The molecule has 18 heavy (non-hydrogen) atoms. The van der Waals surface area contributed by atoms with E-state index in [-0.39, 0.29) is 17.8 Å². The minimum Gasteiger partial charge on any atom is -0.492 e. The zero-order valence-electron chi connectivity index (χ0n) is 10.2. The van der Waals surface area contributed by atoms with Crippen molar-refractivity contribution in [3.63, 3.8) is 0 Å². The smallest absolute Gasteiger partial charge is 0.172 e. The van der Waals surface area contributed by atoms with Gasteiger partial charge in [-0.05, 0) is 31.0 Å². The van der Waals surface area contributed by atoms with E-state index in [1.165, 1.54) is 0 Å². The Kier molecular flexibility index (Phi) is 3.04. The Labute approximate surface area is 111 Å². The first-order chi connectivity index (χ1) is 8.66. The molecule has 0 amide bonds. The van der Waals surface area contributed by atoms with Gasteiger partial charge in [0, 0.05) is 18.1 Å². The molecule has 0 radical (unpaired) electrons. The van der Waals surface area contributed by atoms with Gasteiger partial charge in [-0.1, -0.05) is 11.6 Å². The first kappa shape index (κ1) is 12.0. The fourth-order valence-electron chi connectivity index (χ4n) is 2.73. The van der Waals surface area contributed by atoms with Crippen molar-refractivity contribution in [1.29, 1.82) is 0 Å². The molecule has 2 unspecified atom stereocenters. The first-order valence-corrected chi connectivity index (χ1v) is 6.65. The number of Topliss-reactive ketones (excluding diaryl/α,β-unsaturated/α-hetero) is 1. The number of hydrogen-bond acceptors (Lipinski definition) is 3. The zero-order valence-corrected chi connectivity index (χ0v) is 11.0. The summed E-state index contributed by atoms with van der Waals surface area (Å²) in [5.74, 6) is 0.751. The summed E-state index contributed by atoms with van der Waals surface area (Å²) < 4.78 is 11.0. The third-order valence-electron chi connectivity index (χ3n) is 3.73. The van der Waals surface area contributed by atoms with Gasteiger partial charge in [0.15, 0.2) is 5.78 Å². The van der Waals surface area contributed by atoms with E-state index in [0.29, 0.717) is 23.8 Å². The minimum atomic E-state index is -0.0724. The minimum absolute atomic E-state index is 0.0199. The molecule has 1 aromatic rings. The van der Waals surface area contributed by atoms with Crippen molar-refractivity contribution in [3.05, 3.63) is 28.3 Å². The molecule has 0 saturated carbocycles. The highest BCUT2D eigenvalue weighted by Crippen LogP contribution is 2.36. The summed E-state index contributed by atoms with van der Waals surface area (Å²) in [5, 5.41) is 0.606. The van der Waals surface area contributed by atoms with Gasteiger partial charge in [-0.25, -0.2) is 0 Å². The second-order valence-electron chi connectivity index (χ2n) is 4.88. The van der Waals surface area contributed by atoms with Crippen molar-refractivity contribution < 1.29 is 14.3 Å². The SMILES string of the molecule is CC1OCCC1C(=O)c1cc(Cl)cc2c1OCC2. The maximum Gasteiger partial charge on any atom is 0.172 e. The molecular formula is C14H15ClO3. The summed E-state index contributed by atoms with van der Waals surface area (Å²) in [4.78, 5) is 12.6. The number of ketones is 1. The van der Waals surface area contributed by atoms with Gasteiger partial charge in [-0.2, -0.15) is 0 Å². The molecule has 2 aliphatic heterocycles. The summed E-state index contributed by atoms with van der Waals surface area (Å²) in [6, 6.07) is 3.61. The quantitative estimate of drug-likeness (QED) is 0.772. The van der Waals surface area contributed by atoms with Crippen LogP contribution in [0.15, 0.2) is 12.1 Å². The molecule has 0 aromatic heterocycles. The largest absolute Gasteiger partial charge is 0.492 e. The molecule has 2 aliphatic rings. The van der Waals surface area contributed by atoms with Crippen molar-refractivity contribution in [3.8, 4) is 5.75 Å². The Balaban J connectivity index is 1.99. The molecule has 2 atom stereocenters. The van der Waals surface area contributed by atoms with E-state index in [9.17, 15) is 4.79 Å². The Bertz CT molecular complexity index is 498. The van der Waals surface area contributed by atoms with E-state index < -0.39 is 0 Å². The predicted octanol–water partition coefficient (Wildman–Crippen LogP) is 2.88. The van der Waals surface area contributed by atoms with Crippen molar-refractivity contribution in [1.82, 2.24) is 0 Å². The number of hydrogen-bond donors (Lipinski definition) is 0. The highest BCUT2D eigenvalue weighted by atomic mass is 35.5. The number of rotatable bonds is 2. The summed E-state index contributed by atoms with van der Waals surface area (Å²) >= 11 is 6.08. The second kappa shape index (κ2) is 4.56. The number of benzene rings is 1. The lowest BCUT2D eigenvalue weighted by atomic mass is 9.91. The van der Waals surface area contributed by atoms with Gasteiger partial charge in [0.25, 0.3) is 0 Å². The van der Waals surface area contributed by atoms with Crippen LogP contribution in [0, 0.1) is 5.92 Å². The molecule has 0 N–H and O–H groups in total. The van der Waals surface area contributed by atoms with Crippen LogP contribution >= 0.6 is 11.6 Å². The lowest BCUT2D eigenvalue weighted by molar-refractivity contribution is 0.0762. The van der Waals surface area contributed by atoms with Gasteiger partial charge in [-0.3, -0.25) is 4.79 Å². The summed E-state index contributed by atoms with van der Waals surface area (Å²) in [6.45, 7) is 3.23. The maximum absolute atomic E-state index is 12.6. The molecule has 2 heterocycles. The molecule has 0 aliphatic carbocycles. The summed E-state index contributed by atoms with van der Waals surface area (Å²) in [5.41, 5.74) is 1.66. The summed E-state index contributed by atoms with van der Waals surface area (Å²) in [6.07, 6.45) is 1.59. The van der Waals surface area contributed by atoms with Crippen molar-refractivity contribution in [2.75, 3.05) is 13.2 Å². The molecule has 3 rings (SSSR count). The normalized spacial score (nSPS) is 25.9. The fraction of sp³-hybridized carbons (Fsp3) is 0.500. The molecule has 96 valence electrons. The molecule has 0 bridgehead atoms. The number of halogens is 1. The van der Waals surface area contributed by atoms with Crippen LogP contribution < -0.4 is 4.74 Å². The lowest BCUT2D eigenvalue weighted by Gasteiger charge is -2.15. The van der Waals surface area contributed by atoms with Crippen molar-refractivity contribution in [2.45, 2.75) is 25.9 Å². The van der Waals surface area contributed by atoms with Crippen LogP contribution in [0.5, 0.6) is 5.75 Å². The highest BCUT2D eigenvalue weighted by molar-refractivity contribution is 6.31. The molecule has 1 fully saturated rings. The van der Waals surface area contributed by atoms with Crippen LogP contribution in [0.1, 0.15) is 29.3 Å². The van der Waals surface area contributed by atoms with E-state index in [1.54, 1.807) is 6.07 Å². The standard InChI is InChI=1S/C14H15ClO3/c1-8-11(3-5-17-8)13(16)12-7-10(15)6-9-2-4-18-14(9)12/h6-8,11H,2-5H2,1H3. The monoisotopic (exact) mass is 266 g/mol. The number of carbonyl (C=O) groups is 1. The van der Waals surface area contributed by atoms with E-state index >= 15 is 0 Å². The zero-order chi connectivity index (χ0) is 12.7. The third kappa shape index (κ3) is 1.91. The predicted molar refractivity (Wildman–Crippen MR) is 68.5 cm³/mol. The van der Waals surface area contributed by atoms with E-state index in [1.807, 2.05) is 13.0 Å². The van der Waals surface area contributed by atoms with Crippen LogP contribution in [0.25, 0.3) is 0 Å². The maximum atomic E-state index is 12.6. The molecule has 1 aromatic carbocycles. The molecule has 0 spiro atoms. The third-order valence-corrected chi connectivity index (χ3v) is 3.95. The van der Waals surface area contributed by atoms with Crippen LogP contribution in [0.4, 0.5) is 0 Å². The number of ether oxygens (including phenoxy) is 2. The average molecular weight is 267 g/mol. The van der Waals surface area contributed by atoms with Crippen LogP contribution in [0.2, 0.25) is 5.02 Å². The van der Waals surface area contributed by atoms with E-state index in [2.05, 4.69) is 0 Å². The molecular weight excluding hydrogens is 252 g/mol. The van der Waals surface area contributed by atoms with E-state index in [4.69, 9.17) is 21.1 Å². The van der Waals surface area contributed by atoms with Gasteiger partial charge in [0.05, 0.1) is 24.2 Å². The Morgan fingerprint density at radius 1 is 1.39 bits per heavy atom. The number of carbonyl (C=O) groups excluding carboxylic acids is 1. The van der Waals surface area contributed by atoms with Crippen molar-refractivity contribution >= 4 is 17.4 Å². The Hall–Kier alpha value is -1.06. The highest BCUT2D eigenvalue weighted by Gasteiger charge is 2.34. The van der Waals surface area contributed by atoms with Gasteiger partial charge >= 0.3 is 0 Å². The molecule has 1 saturated heterocycles.